The van der Waals surface area contributed by atoms with E-state index >= 15 is 0 Å². The van der Waals surface area contributed by atoms with Crippen LogP contribution in [0.5, 0.6) is 0 Å². The Morgan fingerprint density at radius 3 is 2.17 bits per heavy atom. The van der Waals surface area contributed by atoms with Crippen LogP contribution in [0.1, 0.15) is 51.9 Å². The third-order valence-electron chi connectivity index (χ3n) is 2.04. The summed E-state index contributed by atoms with van der Waals surface area (Å²) in [6.45, 7) is 2.27. The molecule has 0 fully saturated rings. The van der Waals surface area contributed by atoms with Crippen molar-refractivity contribution in [2.75, 3.05) is 4.43 Å². The van der Waals surface area contributed by atoms with Crippen molar-refractivity contribution in [3.63, 3.8) is 0 Å². The van der Waals surface area contributed by atoms with E-state index in [1.807, 2.05) is 0 Å². The number of unbranched alkanes of at least 4 members (excludes halogenated alkanes) is 5. The van der Waals surface area contributed by atoms with E-state index in [0.717, 1.165) is 3.92 Å². The SMILES string of the molecule is CCCCCCCCC(I)CI. The van der Waals surface area contributed by atoms with Crippen LogP contribution in [0.2, 0.25) is 0 Å². The van der Waals surface area contributed by atoms with Crippen molar-refractivity contribution >= 4 is 45.2 Å². The van der Waals surface area contributed by atoms with Crippen LogP contribution in [0.4, 0.5) is 0 Å². The molecule has 0 aliphatic carbocycles. The van der Waals surface area contributed by atoms with Crippen LogP contribution >= 0.6 is 45.2 Å². The van der Waals surface area contributed by atoms with Crippen molar-refractivity contribution < 1.29 is 0 Å². The third kappa shape index (κ3) is 9.55. The average Bonchev–Trinajstić information content (AvgIpc) is 2.10. The number of hydrogen-bond donors (Lipinski definition) is 0. The summed E-state index contributed by atoms with van der Waals surface area (Å²) in [6, 6.07) is 0. The second-order valence-corrected chi connectivity index (χ2v) is 5.95. The first-order valence-electron chi connectivity index (χ1n) is 5.01. The molecule has 0 aliphatic rings. The maximum atomic E-state index is 2.57. The van der Waals surface area contributed by atoms with E-state index in [2.05, 4.69) is 52.1 Å². The van der Waals surface area contributed by atoms with Gasteiger partial charge in [-0.05, 0) is 6.42 Å². The Morgan fingerprint density at radius 1 is 1.00 bits per heavy atom. The zero-order chi connectivity index (χ0) is 9.23. The highest BCUT2D eigenvalue weighted by molar-refractivity contribution is 14.1. The molecule has 0 heterocycles. The van der Waals surface area contributed by atoms with E-state index in [1.165, 1.54) is 49.4 Å². The third-order valence-corrected chi connectivity index (χ3v) is 5.85. The summed E-state index contributed by atoms with van der Waals surface area (Å²) in [4.78, 5) is 0. The van der Waals surface area contributed by atoms with Crippen LogP contribution in [0.15, 0.2) is 0 Å². The first-order chi connectivity index (χ1) is 5.81. The smallest absolute Gasteiger partial charge is 0.0199 e. The van der Waals surface area contributed by atoms with E-state index in [1.54, 1.807) is 0 Å². The summed E-state index contributed by atoms with van der Waals surface area (Å²) >= 11 is 5.05. The predicted octanol–water partition coefficient (Wildman–Crippen LogP) is 4.98. The molecule has 0 spiro atoms. The molecule has 0 aliphatic heterocycles. The van der Waals surface area contributed by atoms with Crippen molar-refractivity contribution in [2.24, 2.45) is 0 Å². The number of halogens is 2. The normalized spacial score (nSPS) is 13.2. The zero-order valence-corrected chi connectivity index (χ0v) is 12.3. The van der Waals surface area contributed by atoms with E-state index < -0.39 is 0 Å². The van der Waals surface area contributed by atoms with Crippen molar-refractivity contribution in [2.45, 2.75) is 55.8 Å². The molecule has 0 saturated heterocycles. The molecule has 12 heavy (non-hydrogen) atoms. The monoisotopic (exact) mass is 394 g/mol. The van der Waals surface area contributed by atoms with Crippen LogP contribution in [0, 0.1) is 0 Å². The van der Waals surface area contributed by atoms with Gasteiger partial charge in [0.25, 0.3) is 0 Å². The van der Waals surface area contributed by atoms with Gasteiger partial charge in [-0.1, -0.05) is 90.6 Å². The largest absolute Gasteiger partial charge is 0.0852 e. The summed E-state index contributed by atoms with van der Waals surface area (Å²) in [6.07, 6.45) is 10.0. The lowest BCUT2D eigenvalue weighted by Crippen LogP contribution is -1.97. The Labute approximate surface area is 105 Å². The first kappa shape index (κ1) is 13.5. The molecule has 0 radical (unpaired) electrons. The van der Waals surface area contributed by atoms with Crippen molar-refractivity contribution in [3.8, 4) is 0 Å². The minimum absolute atomic E-state index is 0.911. The number of alkyl halides is 2. The highest BCUT2D eigenvalue weighted by atomic mass is 127. The Hall–Kier alpha value is 1.46. The van der Waals surface area contributed by atoms with Gasteiger partial charge >= 0.3 is 0 Å². The van der Waals surface area contributed by atoms with E-state index in [4.69, 9.17) is 0 Å². The maximum absolute atomic E-state index is 2.57. The molecule has 0 bridgehead atoms. The lowest BCUT2D eigenvalue weighted by Gasteiger charge is -2.04. The van der Waals surface area contributed by atoms with Gasteiger partial charge in [0, 0.05) is 8.35 Å². The average molecular weight is 394 g/mol. The Balaban J connectivity index is 2.90. The van der Waals surface area contributed by atoms with Crippen molar-refractivity contribution in [1.29, 1.82) is 0 Å². The molecule has 0 aromatic carbocycles. The predicted molar refractivity (Wildman–Crippen MR) is 74.7 cm³/mol. The topological polar surface area (TPSA) is 0 Å². The molecule has 74 valence electrons. The Bertz CT molecular complexity index is 83.9. The zero-order valence-electron chi connectivity index (χ0n) is 7.99. The summed E-state index contributed by atoms with van der Waals surface area (Å²) in [5.74, 6) is 0. The molecule has 2 heteroatoms. The van der Waals surface area contributed by atoms with Gasteiger partial charge in [-0.3, -0.25) is 0 Å². The van der Waals surface area contributed by atoms with E-state index in [0.29, 0.717) is 0 Å². The molecule has 1 unspecified atom stereocenters. The van der Waals surface area contributed by atoms with Gasteiger partial charge in [0.05, 0.1) is 0 Å². The molecular formula is C10H20I2. The molecule has 1 atom stereocenters. The lowest BCUT2D eigenvalue weighted by atomic mass is 10.1. The van der Waals surface area contributed by atoms with Crippen LogP contribution in [0.3, 0.4) is 0 Å². The van der Waals surface area contributed by atoms with Crippen LogP contribution in [-0.2, 0) is 0 Å². The van der Waals surface area contributed by atoms with E-state index in [9.17, 15) is 0 Å². The molecule has 0 N–H and O–H groups in total. The van der Waals surface area contributed by atoms with Gasteiger partial charge in [0.2, 0.25) is 0 Å². The summed E-state index contributed by atoms with van der Waals surface area (Å²) in [7, 11) is 0. The fraction of sp³-hybridized carbons (Fsp3) is 1.00. The first-order valence-corrected chi connectivity index (χ1v) is 7.78. The molecule has 0 aromatic heterocycles. The van der Waals surface area contributed by atoms with Crippen LogP contribution in [-0.4, -0.2) is 8.35 Å². The Morgan fingerprint density at radius 2 is 1.58 bits per heavy atom. The minimum atomic E-state index is 0.911. The highest BCUT2D eigenvalue weighted by Gasteiger charge is 1.99. The highest BCUT2D eigenvalue weighted by Crippen LogP contribution is 2.15. The summed E-state index contributed by atoms with van der Waals surface area (Å²) < 4.78 is 2.22. The van der Waals surface area contributed by atoms with E-state index in [-0.39, 0.29) is 0 Å². The minimum Gasteiger partial charge on any atom is -0.0852 e. The number of rotatable bonds is 8. The molecular weight excluding hydrogens is 374 g/mol. The summed E-state index contributed by atoms with van der Waals surface area (Å²) in [5.41, 5.74) is 0. The van der Waals surface area contributed by atoms with Gasteiger partial charge in [0.1, 0.15) is 0 Å². The van der Waals surface area contributed by atoms with Gasteiger partial charge in [-0.2, -0.15) is 0 Å². The van der Waals surface area contributed by atoms with Crippen LogP contribution < -0.4 is 0 Å². The van der Waals surface area contributed by atoms with Crippen LogP contribution in [0.25, 0.3) is 0 Å². The Kier molecular flexibility index (Phi) is 11.8. The number of hydrogen-bond acceptors (Lipinski definition) is 0. The van der Waals surface area contributed by atoms with Gasteiger partial charge in [-0.15, -0.1) is 0 Å². The fourth-order valence-corrected chi connectivity index (χ4v) is 2.10. The standard InChI is InChI=1S/C10H20I2/c1-2-3-4-5-6-7-8-10(12)9-11/h10H,2-9H2,1H3. The van der Waals surface area contributed by atoms with Gasteiger partial charge in [-0.25, -0.2) is 0 Å². The molecule has 0 amide bonds. The van der Waals surface area contributed by atoms with Crippen molar-refractivity contribution in [1.82, 2.24) is 0 Å². The summed E-state index contributed by atoms with van der Waals surface area (Å²) in [5, 5.41) is 0. The molecule has 0 rings (SSSR count). The van der Waals surface area contributed by atoms with Crippen molar-refractivity contribution in [3.05, 3.63) is 0 Å². The fourth-order valence-electron chi connectivity index (χ4n) is 1.22. The second kappa shape index (κ2) is 10.5. The molecule has 0 nitrogen and oxygen atoms in total. The molecule has 0 aromatic rings. The van der Waals surface area contributed by atoms with Gasteiger partial charge < -0.3 is 0 Å². The maximum Gasteiger partial charge on any atom is 0.0199 e. The molecule has 0 saturated carbocycles. The quantitative estimate of drug-likeness (QED) is 0.310. The lowest BCUT2D eigenvalue weighted by molar-refractivity contribution is 0.593. The second-order valence-electron chi connectivity index (χ2n) is 3.31. The van der Waals surface area contributed by atoms with Gasteiger partial charge in [0.15, 0.2) is 0 Å².